The highest BCUT2D eigenvalue weighted by molar-refractivity contribution is 5.96. The first kappa shape index (κ1) is 21.1. The van der Waals surface area contributed by atoms with E-state index in [2.05, 4.69) is 57.5 Å². The van der Waals surface area contributed by atoms with Gasteiger partial charge in [-0.3, -0.25) is 9.78 Å². The summed E-state index contributed by atoms with van der Waals surface area (Å²) in [6.45, 7) is 8.08. The highest BCUT2D eigenvalue weighted by atomic mass is 16.1. The minimum Gasteiger partial charge on any atom is -0.369 e. The van der Waals surface area contributed by atoms with Crippen molar-refractivity contribution in [1.82, 2.24) is 15.2 Å². The van der Waals surface area contributed by atoms with Crippen LogP contribution >= 0.6 is 0 Å². The van der Waals surface area contributed by atoms with Crippen LogP contribution in [0.2, 0.25) is 0 Å². The number of aromatic nitrogens is 1. The third kappa shape index (κ3) is 4.94. The van der Waals surface area contributed by atoms with E-state index in [0.717, 1.165) is 59.7 Å². The summed E-state index contributed by atoms with van der Waals surface area (Å²) < 4.78 is 0. The van der Waals surface area contributed by atoms with E-state index in [1.165, 1.54) is 0 Å². The third-order valence-electron chi connectivity index (χ3n) is 6.06. The first-order valence-electron chi connectivity index (χ1n) is 10.9. The summed E-state index contributed by atoms with van der Waals surface area (Å²) in [7, 11) is 2.15. The van der Waals surface area contributed by atoms with Crippen molar-refractivity contribution in [2.75, 3.05) is 38.1 Å². The van der Waals surface area contributed by atoms with Crippen LogP contribution in [0.4, 0.5) is 5.69 Å². The van der Waals surface area contributed by atoms with Crippen molar-refractivity contribution in [2.45, 2.75) is 19.9 Å². The van der Waals surface area contributed by atoms with E-state index in [0.29, 0.717) is 0 Å². The number of carbonyl (C=O) groups is 1. The number of nitrogens with one attached hydrogen (secondary N) is 1. The van der Waals surface area contributed by atoms with Crippen LogP contribution in [0.15, 0.2) is 67.0 Å². The van der Waals surface area contributed by atoms with Crippen molar-refractivity contribution in [3.63, 3.8) is 0 Å². The van der Waals surface area contributed by atoms with E-state index < -0.39 is 0 Å². The molecule has 3 aromatic rings. The van der Waals surface area contributed by atoms with E-state index >= 15 is 0 Å². The quantitative estimate of drug-likeness (QED) is 0.676. The molecule has 1 amide bonds. The Balaban J connectivity index is 1.50. The van der Waals surface area contributed by atoms with E-state index in [1.807, 2.05) is 44.3 Å². The van der Waals surface area contributed by atoms with Gasteiger partial charge >= 0.3 is 0 Å². The Hall–Kier alpha value is -3.18. The van der Waals surface area contributed by atoms with Crippen molar-refractivity contribution in [2.24, 2.45) is 0 Å². The Labute approximate surface area is 184 Å². The summed E-state index contributed by atoms with van der Waals surface area (Å²) in [4.78, 5) is 22.0. The number of carbonyl (C=O) groups excluding carboxylic acids is 1. The Morgan fingerprint density at radius 3 is 2.52 bits per heavy atom. The van der Waals surface area contributed by atoms with Crippen LogP contribution in [0, 0.1) is 6.92 Å². The van der Waals surface area contributed by atoms with Gasteiger partial charge < -0.3 is 15.1 Å². The molecular weight excluding hydrogens is 384 g/mol. The predicted molar refractivity (Wildman–Crippen MR) is 126 cm³/mol. The lowest BCUT2D eigenvalue weighted by molar-refractivity contribution is 0.0939. The maximum absolute atomic E-state index is 13.1. The molecule has 1 aliphatic rings. The van der Waals surface area contributed by atoms with Crippen molar-refractivity contribution in [3.05, 3.63) is 83.7 Å². The molecule has 0 radical (unpaired) electrons. The van der Waals surface area contributed by atoms with Gasteiger partial charge in [-0.1, -0.05) is 30.3 Å². The molecule has 1 aromatic heterocycles. The minimum absolute atomic E-state index is 0.0345. The number of benzene rings is 2. The zero-order valence-electron chi connectivity index (χ0n) is 18.5. The first-order chi connectivity index (χ1) is 15.0. The molecule has 0 aliphatic carbocycles. The Bertz CT molecular complexity index is 1040. The molecule has 5 nitrogen and oxygen atoms in total. The monoisotopic (exact) mass is 414 g/mol. The fourth-order valence-corrected chi connectivity index (χ4v) is 3.99. The molecule has 1 atom stereocenters. The van der Waals surface area contributed by atoms with Gasteiger partial charge in [0.25, 0.3) is 5.91 Å². The summed E-state index contributed by atoms with van der Waals surface area (Å²) in [5, 5.41) is 3.19. The summed E-state index contributed by atoms with van der Waals surface area (Å²) in [6.07, 6.45) is 3.63. The Morgan fingerprint density at radius 1 is 1.00 bits per heavy atom. The van der Waals surface area contributed by atoms with Gasteiger partial charge in [-0.15, -0.1) is 0 Å². The van der Waals surface area contributed by atoms with Crippen molar-refractivity contribution < 1.29 is 4.79 Å². The number of pyridine rings is 1. The smallest absolute Gasteiger partial charge is 0.252 e. The molecule has 1 fully saturated rings. The molecule has 2 heterocycles. The fourth-order valence-electron chi connectivity index (χ4n) is 3.99. The van der Waals surface area contributed by atoms with Crippen LogP contribution in [0.3, 0.4) is 0 Å². The number of piperazine rings is 1. The number of anilines is 1. The molecule has 1 aliphatic heterocycles. The Morgan fingerprint density at radius 2 is 1.77 bits per heavy atom. The van der Waals surface area contributed by atoms with E-state index in [-0.39, 0.29) is 11.9 Å². The van der Waals surface area contributed by atoms with Crippen molar-refractivity contribution in [3.8, 4) is 11.1 Å². The van der Waals surface area contributed by atoms with Gasteiger partial charge in [0.05, 0.1) is 6.04 Å². The topological polar surface area (TPSA) is 48.5 Å². The molecule has 1 N–H and O–H groups in total. The molecular formula is C26H30N4O. The normalized spacial score (nSPS) is 15.5. The molecule has 5 heteroatoms. The molecule has 1 saturated heterocycles. The summed E-state index contributed by atoms with van der Waals surface area (Å²) in [6, 6.07) is 18.4. The molecule has 160 valence electrons. The van der Waals surface area contributed by atoms with E-state index in [4.69, 9.17) is 0 Å². The van der Waals surface area contributed by atoms with Crippen LogP contribution < -0.4 is 10.2 Å². The number of hydrogen-bond donors (Lipinski definition) is 1. The van der Waals surface area contributed by atoms with Gasteiger partial charge in [0.15, 0.2) is 0 Å². The fraction of sp³-hybridized carbons (Fsp3) is 0.308. The third-order valence-corrected chi connectivity index (χ3v) is 6.06. The summed E-state index contributed by atoms with van der Waals surface area (Å²) in [5.74, 6) is -0.0345. The largest absolute Gasteiger partial charge is 0.369 e. The van der Waals surface area contributed by atoms with Gasteiger partial charge in [0.1, 0.15) is 0 Å². The number of hydrogen-bond acceptors (Lipinski definition) is 4. The molecule has 31 heavy (non-hydrogen) atoms. The van der Waals surface area contributed by atoms with Crippen LogP contribution in [0.25, 0.3) is 11.1 Å². The Kier molecular flexibility index (Phi) is 6.33. The SMILES string of the molecule is Cc1ccc(N2CCN(C)CC2)cc1C(=O)N[C@H](C)c1cccc(-c2cccnc2)c1. The second-order valence-corrected chi connectivity index (χ2v) is 8.35. The summed E-state index contributed by atoms with van der Waals surface area (Å²) in [5.41, 5.74) is 6.09. The average Bonchev–Trinajstić information content (AvgIpc) is 2.80. The highest BCUT2D eigenvalue weighted by Gasteiger charge is 2.18. The van der Waals surface area contributed by atoms with E-state index in [9.17, 15) is 4.79 Å². The lowest BCUT2D eigenvalue weighted by atomic mass is 10.0. The average molecular weight is 415 g/mol. The van der Waals surface area contributed by atoms with Crippen LogP contribution in [-0.4, -0.2) is 49.0 Å². The number of amides is 1. The van der Waals surface area contributed by atoms with Crippen LogP contribution in [-0.2, 0) is 0 Å². The van der Waals surface area contributed by atoms with E-state index in [1.54, 1.807) is 6.20 Å². The maximum atomic E-state index is 13.1. The second-order valence-electron chi connectivity index (χ2n) is 8.35. The zero-order valence-corrected chi connectivity index (χ0v) is 18.5. The lowest BCUT2D eigenvalue weighted by Crippen LogP contribution is -2.44. The molecule has 0 spiro atoms. The second kappa shape index (κ2) is 9.31. The predicted octanol–water partition coefficient (Wildman–Crippen LogP) is 4.30. The van der Waals surface area contributed by atoms with Gasteiger partial charge in [0, 0.05) is 49.8 Å². The van der Waals surface area contributed by atoms with Crippen LogP contribution in [0.5, 0.6) is 0 Å². The highest BCUT2D eigenvalue weighted by Crippen LogP contribution is 2.24. The maximum Gasteiger partial charge on any atom is 0.252 e. The number of nitrogens with zero attached hydrogens (tertiary/aromatic N) is 3. The number of likely N-dealkylation sites (N-methyl/N-ethyl adjacent to an activating group) is 1. The van der Waals surface area contributed by atoms with Gasteiger partial charge in [-0.2, -0.15) is 0 Å². The van der Waals surface area contributed by atoms with Crippen molar-refractivity contribution >= 4 is 11.6 Å². The van der Waals surface area contributed by atoms with Crippen LogP contribution in [0.1, 0.15) is 34.5 Å². The lowest BCUT2D eigenvalue weighted by Gasteiger charge is -2.34. The zero-order chi connectivity index (χ0) is 21.8. The summed E-state index contributed by atoms with van der Waals surface area (Å²) >= 11 is 0. The first-order valence-corrected chi connectivity index (χ1v) is 10.9. The standard InChI is InChI=1S/C26H30N4O/c1-19-9-10-24(30-14-12-29(3)13-15-30)17-25(19)26(31)28-20(2)21-6-4-7-22(16-21)23-8-5-11-27-18-23/h4-11,16-18,20H,12-15H2,1-3H3,(H,28,31)/t20-/m1/s1. The number of rotatable bonds is 5. The van der Waals surface area contributed by atoms with Gasteiger partial charge in [-0.05, 0) is 67.4 Å². The molecule has 0 bridgehead atoms. The molecule has 4 rings (SSSR count). The van der Waals surface area contributed by atoms with Crippen molar-refractivity contribution in [1.29, 1.82) is 0 Å². The van der Waals surface area contributed by atoms with Gasteiger partial charge in [0.2, 0.25) is 0 Å². The number of aryl methyl sites for hydroxylation is 1. The molecule has 2 aromatic carbocycles. The minimum atomic E-state index is -0.101. The molecule has 0 saturated carbocycles. The van der Waals surface area contributed by atoms with Gasteiger partial charge in [-0.25, -0.2) is 0 Å². The molecule has 0 unspecified atom stereocenters.